The van der Waals surface area contributed by atoms with Gasteiger partial charge in [0, 0.05) is 35.4 Å². The Labute approximate surface area is 152 Å². The summed E-state index contributed by atoms with van der Waals surface area (Å²) in [5, 5.41) is 6.10. The lowest BCUT2D eigenvalue weighted by molar-refractivity contribution is 0.103. The second-order valence-corrected chi connectivity index (χ2v) is 7.64. The van der Waals surface area contributed by atoms with Crippen LogP contribution < -0.4 is 5.32 Å². The third kappa shape index (κ3) is 3.48. The summed E-state index contributed by atoms with van der Waals surface area (Å²) in [5.74, 6) is -0.0421. The molecule has 130 valence electrons. The second kappa shape index (κ2) is 7.02. The van der Waals surface area contributed by atoms with Gasteiger partial charge in [-0.1, -0.05) is 6.07 Å². The highest BCUT2D eigenvalue weighted by Gasteiger charge is 2.13. The highest BCUT2D eigenvalue weighted by Crippen LogP contribution is 2.24. The van der Waals surface area contributed by atoms with Crippen molar-refractivity contribution in [3.63, 3.8) is 0 Å². The number of aromatic nitrogens is 1. The van der Waals surface area contributed by atoms with E-state index in [1.807, 2.05) is 23.6 Å². The van der Waals surface area contributed by atoms with Gasteiger partial charge in [0.2, 0.25) is 0 Å². The molecule has 0 aliphatic carbocycles. The number of fused-ring (bicyclic) bond motifs is 1. The molecule has 5 heteroatoms. The summed E-state index contributed by atoms with van der Waals surface area (Å²) in [6, 6.07) is 12.1. The minimum Gasteiger partial charge on any atom is -0.344 e. The van der Waals surface area contributed by atoms with Crippen molar-refractivity contribution in [2.75, 3.05) is 25.0 Å². The number of carbonyl (C=O) groups is 1. The lowest BCUT2D eigenvalue weighted by atomic mass is 10.2. The molecular formula is C20H23N3OS. The Morgan fingerprint density at radius 1 is 1.16 bits per heavy atom. The van der Waals surface area contributed by atoms with Gasteiger partial charge in [-0.05, 0) is 68.6 Å². The molecule has 1 saturated heterocycles. The second-order valence-electron chi connectivity index (χ2n) is 6.69. The first kappa shape index (κ1) is 16.4. The summed E-state index contributed by atoms with van der Waals surface area (Å²) in [4.78, 5) is 15.5. The van der Waals surface area contributed by atoms with Gasteiger partial charge in [-0.15, -0.1) is 11.3 Å². The van der Waals surface area contributed by atoms with Gasteiger partial charge in [-0.2, -0.15) is 0 Å². The monoisotopic (exact) mass is 353 g/mol. The van der Waals surface area contributed by atoms with Gasteiger partial charge in [0.05, 0.1) is 4.88 Å². The fraction of sp³-hybridized carbons (Fsp3) is 0.350. The van der Waals surface area contributed by atoms with Gasteiger partial charge >= 0.3 is 0 Å². The number of thiophene rings is 1. The molecule has 1 aliphatic rings. The quantitative estimate of drug-likeness (QED) is 0.740. The topological polar surface area (TPSA) is 37.3 Å². The molecule has 4 rings (SSSR count). The smallest absolute Gasteiger partial charge is 0.265 e. The molecule has 1 fully saturated rings. The van der Waals surface area contributed by atoms with Crippen molar-refractivity contribution in [3.05, 3.63) is 52.3 Å². The molecule has 0 atom stereocenters. The number of likely N-dealkylation sites (tertiary alicyclic amines) is 1. The average Bonchev–Trinajstić information content (AvgIpc) is 3.34. The molecule has 1 amide bonds. The summed E-state index contributed by atoms with van der Waals surface area (Å²) in [5.41, 5.74) is 3.37. The van der Waals surface area contributed by atoms with Crippen LogP contribution in [0.3, 0.4) is 0 Å². The standard InChI is InChI=1S/C20H23N3OS/c1-15-13-16-14-17(21-20(24)19-5-4-12-25-19)6-7-18(16)23(15)11-10-22-8-2-3-9-22/h4-7,12-14H,2-3,8-11H2,1H3,(H,21,24). The number of nitrogens with zero attached hydrogens (tertiary/aromatic N) is 2. The number of amides is 1. The van der Waals surface area contributed by atoms with Crippen molar-refractivity contribution >= 4 is 33.8 Å². The third-order valence-electron chi connectivity index (χ3n) is 4.95. The number of carbonyl (C=O) groups excluding carboxylic acids is 1. The molecule has 4 nitrogen and oxygen atoms in total. The van der Waals surface area contributed by atoms with Crippen LogP contribution >= 0.6 is 11.3 Å². The largest absolute Gasteiger partial charge is 0.344 e. The summed E-state index contributed by atoms with van der Waals surface area (Å²) in [7, 11) is 0. The van der Waals surface area contributed by atoms with Crippen molar-refractivity contribution in [2.24, 2.45) is 0 Å². The van der Waals surface area contributed by atoms with E-state index in [1.54, 1.807) is 0 Å². The van der Waals surface area contributed by atoms with Crippen molar-refractivity contribution in [1.29, 1.82) is 0 Å². The van der Waals surface area contributed by atoms with E-state index >= 15 is 0 Å². The number of rotatable bonds is 5. The van der Waals surface area contributed by atoms with Gasteiger partial charge in [0.15, 0.2) is 0 Å². The van der Waals surface area contributed by atoms with Crippen LogP contribution in [0.1, 0.15) is 28.2 Å². The molecule has 1 aliphatic heterocycles. The Kier molecular flexibility index (Phi) is 4.59. The van der Waals surface area contributed by atoms with Crippen LogP contribution in [0.5, 0.6) is 0 Å². The van der Waals surface area contributed by atoms with Crippen molar-refractivity contribution in [1.82, 2.24) is 9.47 Å². The summed E-state index contributed by atoms with van der Waals surface area (Å²) in [6.45, 7) is 6.76. The Morgan fingerprint density at radius 2 is 2.00 bits per heavy atom. The number of benzene rings is 1. The van der Waals surface area contributed by atoms with E-state index in [-0.39, 0.29) is 5.91 Å². The van der Waals surface area contributed by atoms with E-state index in [2.05, 4.69) is 39.9 Å². The summed E-state index contributed by atoms with van der Waals surface area (Å²) < 4.78 is 2.39. The van der Waals surface area contributed by atoms with E-state index in [0.29, 0.717) is 0 Å². The fourth-order valence-corrected chi connectivity index (χ4v) is 4.25. The molecule has 2 aromatic heterocycles. The normalized spacial score (nSPS) is 15.1. The van der Waals surface area contributed by atoms with E-state index in [4.69, 9.17) is 0 Å². The molecule has 1 aromatic carbocycles. The van der Waals surface area contributed by atoms with Crippen LogP contribution in [0.2, 0.25) is 0 Å². The predicted octanol–water partition coefficient (Wildman–Crippen LogP) is 4.36. The predicted molar refractivity (Wildman–Crippen MR) is 105 cm³/mol. The van der Waals surface area contributed by atoms with Crippen LogP contribution in [0.25, 0.3) is 10.9 Å². The van der Waals surface area contributed by atoms with Crippen LogP contribution in [-0.4, -0.2) is 35.0 Å². The summed E-state index contributed by atoms with van der Waals surface area (Å²) in [6.07, 6.45) is 2.66. The molecular weight excluding hydrogens is 330 g/mol. The SMILES string of the molecule is Cc1cc2cc(NC(=O)c3cccs3)ccc2n1CCN1CCCC1. The van der Waals surface area contributed by atoms with Gasteiger partial charge in [-0.3, -0.25) is 4.79 Å². The summed E-state index contributed by atoms with van der Waals surface area (Å²) >= 11 is 1.46. The van der Waals surface area contributed by atoms with Crippen LogP contribution in [-0.2, 0) is 6.54 Å². The molecule has 3 aromatic rings. The maximum atomic E-state index is 12.2. The fourth-order valence-electron chi connectivity index (χ4n) is 3.63. The van der Waals surface area contributed by atoms with E-state index in [9.17, 15) is 4.79 Å². The number of nitrogens with one attached hydrogen (secondary N) is 1. The first-order valence-electron chi connectivity index (χ1n) is 8.88. The third-order valence-corrected chi connectivity index (χ3v) is 5.82. The molecule has 25 heavy (non-hydrogen) atoms. The zero-order valence-electron chi connectivity index (χ0n) is 14.5. The zero-order valence-corrected chi connectivity index (χ0v) is 15.3. The highest BCUT2D eigenvalue weighted by atomic mass is 32.1. The Bertz CT molecular complexity index is 876. The van der Waals surface area contributed by atoms with Crippen LogP contribution in [0, 0.1) is 6.92 Å². The Balaban J connectivity index is 1.52. The first-order valence-corrected chi connectivity index (χ1v) is 9.76. The van der Waals surface area contributed by atoms with E-state index in [0.717, 1.165) is 23.7 Å². The number of hydrogen-bond donors (Lipinski definition) is 1. The van der Waals surface area contributed by atoms with Gasteiger partial charge in [0.25, 0.3) is 5.91 Å². The zero-order chi connectivity index (χ0) is 17.2. The lowest BCUT2D eigenvalue weighted by Gasteiger charge is -2.16. The molecule has 0 bridgehead atoms. The number of hydrogen-bond acceptors (Lipinski definition) is 3. The van der Waals surface area contributed by atoms with Crippen molar-refractivity contribution in [3.8, 4) is 0 Å². The number of aryl methyl sites for hydroxylation is 1. The van der Waals surface area contributed by atoms with E-state index in [1.165, 1.54) is 53.9 Å². The van der Waals surface area contributed by atoms with E-state index < -0.39 is 0 Å². The van der Waals surface area contributed by atoms with Gasteiger partial charge in [-0.25, -0.2) is 0 Å². The molecule has 0 saturated carbocycles. The maximum Gasteiger partial charge on any atom is 0.265 e. The molecule has 0 spiro atoms. The highest BCUT2D eigenvalue weighted by molar-refractivity contribution is 7.12. The molecule has 0 unspecified atom stereocenters. The minimum absolute atomic E-state index is 0.0421. The van der Waals surface area contributed by atoms with Gasteiger partial charge < -0.3 is 14.8 Å². The van der Waals surface area contributed by atoms with Crippen LogP contribution in [0.15, 0.2) is 41.8 Å². The lowest BCUT2D eigenvalue weighted by Crippen LogP contribution is -2.24. The van der Waals surface area contributed by atoms with Crippen molar-refractivity contribution in [2.45, 2.75) is 26.3 Å². The van der Waals surface area contributed by atoms with Crippen molar-refractivity contribution < 1.29 is 4.79 Å². The molecule has 3 heterocycles. The van der Waals surface area contributed by atoms with Crippen LogP contribution in [0.4, 0.5) is 5.69 Å². The minimum atomic E-state index is -0.0421. The molecule has 0 radical (unpaired) electrons. The molecule has 1 N–H and O–H groups in total. The first-order chi connectivity index (χ1) is 12.2. The number of anilines is 1. The Hall–Kier alpha value is -2.11. The Morgan fingerprint density at radius 3 is 2.76 bits per heavy atom. The van der Waals surface area contributed by atoms with Gasteiger partial charge in [0.1, 0.15) is 0 Å². The maximum absolute atomic E-state index is 12.2. The average molecular weight is 353 g/mol.